The van der Waals surface area contributed by atoms with Crippen LogP contribution in [0.3, 0.4) is 0 Å². The molecule has 3 saturated carbocycles. The lowest BCUT2D eigenvalue weighted by Gasteiger charge is -2.43. The van der Waals surface area contributed by atoms with Gasteiger partial charge in [0.25, 0.3) is 0 Å². The van der Waals surface area contributed by atoms with Gasteiger partial charge in [0, 0.05) is 57.3 Å². The van der Waals surface area contributed by atoms with Crippen molar-refractivity contribution in [1.29, 1.82) is 0 Å². The normalized spacial score (nSPS) is 20.1. The number of nitrogens with zero attached hydrogens (tertiary/aromatic N) is 2. The zero-order valence-electron chi connectivity index (χ0n) is 35.5. The molecule has 6 aliphatic carbocycles. The molecule has 6 aromatic carbocycles. The molecule has 3 spiro atoms. The van der Waals surface area contributed by atoms with Crippen LogP contribution in [0.5, 0.6) is 0 Å². The quantitative estimate of drug-likeness (QED) is 0.173. The van der Waals surface area contributed by atoms with Crippen molar-refractivity contribution in [3.63, 3.8) is 0 Å². The first-order valence-corrected chi connectivity index (χ1v) is 25.2. The molecule has 2 heterocycles. The predicted molar refractivity (Wildman–Crippen MR) is 261 cm³/mol. The lowest BCUT2D eigenvalue weighted by Crippen LogP contribution is -2.39. The van der Waals surface area contributed by atoms with E-state index in [0.29, 0.717) is 21.5 Å². The molecule has 0 unspecified atom stereocenters. The van der Waals surface area contributed by atoms with E-state index in [4.69, 9.17) is 9.98 Å². The minimum absolute atomic E-state index is 0.0627. The van der Waals surface area contributed by atoms with Crippen LogP contribution in [0.1, 0.15) is 128 Å². The Morgan fingerprint density at radius 3 is 1.03 bits per heavy atom. The number of hydrogen-bond acceptors (Lipinski definition) is 8. The Hall–Kier alpha value is -5.70. The fourth-order valence-electron chi connectivity index (χ4n) is 13.8. The number of hydrogen-bond donors (Lipinski definition) is 0. The van der Waals surface area contributed by atoms with Gasteiger partial charge in [0.1, 0.15) is 0 Å². The predicted octanol–water partition coefficient (Wildman–Crippen LogP) is 11.2. The van der Waals surface area contributed by atoms with E-state index in [1.807, 2.05) is 95.5 Å². The molecule has 0 radical (unpaired) electrons. The Balaban J connectivity index is 0.963. The van der Waals surface area contributed by atoms with Crippen molar-refractivity contribution in [2.75, 3.05) is 0 Å². The summed E-state index contributed by atoms with van der Waals surface area (Å²) in [6.07, 6.45) is 20.7. The summed E-state index contributed by atoms with van der Waals surface area (Å²) in [5.41, 5.74) is 5.78. The van der Waals surface area contributed by atoms with Gasteiger partial charge in [-0.05, 0) is 119 Å². The van der Waals surface area contributed by atoms with Crippen LogP contribution in [0.2, 0.25) is 0 Å². The molecule has 0 saturated heterocycles. The second kappa shape index (κ2) is 13.2. The number of rotatable bonds is 2. The SMILES string of the molecule is O=c1c(=NC2=Cc3sc4c(c3C23CCCCC3)C2(CCCCC2)c2c-4sc3c2C2(CCCCC2)C(N=c2c(=O)c4cc5ccccc5cc4c2=O)=C3)c(=O)c2cc3ccccc3cc12. The van der Waals surface area contributed by atoms with E-state index < -0.39 is 0 Å². The maximum Gasteiger partial charge on any atom is 0.216 e. The number of benzene rings is 4. The van der Waals surface area contributed by atoms with Crippen molar-refractivity contribution < 1.29 is 0 Å². The van der Waals surface area contributed by atoms with E-state index in [0.717, 1.165) is 110 Å². The molecule has 3 fully saturated rings. The lowest BCUT2D eigenvalue weighted by atomic mass is 9.59. The summed E-state index contributed by atoms with van der Waals surface area (Å²) >= 11 is 3.82. The second-order valence-corrected chi connectivity index (χ2v) is 21.9. The highest BCUT2D eigenvalue weighted by Gasteiger charge is 2.59. The van der Waals surface area contributed by atoms with Gasteiger partial charge in [-0.1, -0.05) is 106 Å². The number of allylic oxidation sites excluding steroid dienone is 2. The van der Waals surface area contributed by atoms with Gasteiger partial charge in [-0.25, -0.2) is 9.98 Å². The Labute approximate surface area is 376 Å². The summed E-state index contributed by atoms with van der Waals surface area (Å²) in [6.45, 7) is 0. The fourth-order valence-corrected chi connectivity index (χ4v) is 16.9. The van der Waals surface area contributed by atoms with Crippen LogP contribution in [0.25, 0.3) is 65.0 Å². The first-order chi connectivity index (χ1) is 31.3. The Morgan fingerprint density at radius 1 is 0.391 bits per heavy atom. The van der Waals surface area contributed by atoms with Crippen LogP contribution in [-0.4, -0.2) is 0 Å². The van der Waals surface area contributed by atoms with Gasteiger partial charge in [-0.15, -0.1) is 22.7 Å². The van der Waals surface area contributed by atoms with Gasteiger partial charge in [0.15, 0.2) is 10.7 Å². The summed E-state index contributed by atoms with van der Waals surface area (Å²) in [4.78, 5) is 72.5. The summed E-state index contributed by atoms with van der Waals surface area (Å²) in [5, 5.41) is 5.77. The monoisotopic (exact) mass is 872 g/mol. The first kappa shape index (κ1) is 37.7. The lowest BCUT2D eigenvalue weighted by molar-refractivity contribution is 0.308. The van der Waals surface area contributed by atoms with Crippen molar-refractivity contribution in [2.24, 2.45) is 9.98 Å². The van der Waals surface area contributed by atoms with E-state index >= 15 is 0 Å². The molecule has 64 heavy (non-hydrogen) atoms. The molecule has 0 N–H and O–H groups in total. The molecule has 314 valence electrons. The summed E-state index contributed by atoms with van der Waals surface area (Å²) in [6, 6.07) is 23.3. The second-order valence-electron chi connectivity index (χ2n) is 19.8. The highest BCUT2D eigenvalue weighted by Crippen LogP contribution is 2.71. The summed E-state index contributed by atoms with van der Waals surface area (Å²) < 4.78 is 0. The standard InChI is InChI=1S/C56H44N2O4S2/c59-48-34-24-30-14-4-5-15-31(30)25-35(34)49(60)46(48)57-40-28-38-42(54(40)18-8-1-9-19-54)44-52(63-38)53-45(56(44)22-12-3-13-23-56)43-39(64-53)29-41(55(43)20-10-2-11-21-55)58-47-50(61)36-26-32-16-6-7-17-33(32)27-37(36)51(47)62/h4-7,14-17,24-29H,1-3,8-13,18-23H2. The van der Waals surface area contributed by atoms with Gasteiger partial charge < -0.3 is 0 Å². The van der Waals surface area contributed by atoms with Gasteiger partial charge in [-0.3, -0.25) is 19.2 Å². The van der Waals surface area contributed by atoms with E-state index in [-0.39, 0.29) is 48.7 Å². The largest absolute Gasteiger partial charge is 0.287 e. The van der Waals surface area contributed by atoms with Gasteiger partial charge in [0.05, 0.1) is 11.4 Å². The molecule has 6 aliphatic rings. The van der Waals surface area contributed by atoms with Crippen molar-refractivity contribution in [3.05, 3.63) is 168 Å². The van der Waals surface area contributed by atoms with Gasteiger partial charge >= 0.3 is 0 Å². The molecule has 0 amide bonds. The van der Waals surface area contributed by atoms with Crippen LogP contribution >= 0.6 is 22.7 Å². The molecular formula is C56H44N2O4S2. The number of thiophene rings is 2. The van der Waals surface area contributed by atoms with E-state index in [9.17, 15) is 19.2 Å². The van der Waals surface area contributed by atoms with Crippen LogP contribution < -0.4 is 32.4 Å². The molecule has 2 aromatic heterocycles. The van der Waals surface area contributed by atoms with Gasteiger partial charge in [-0.2, -0.15) is 0 Å². The smallest absolute Gasteiger partial charge is 0.216 e. The van der Waals surface area contributed by atoms with E-state index in [1.54, 1.807) is 0 Å². The van der Waals surface area contributed by atoms with E-state index in [1.165, 1.54) is 61.0 Å². The minimum Gasteiger partial charge on any atom is -0.287 e. The van der Waals surface area contributed by atoms with Crippen molar-refractivity contribution >= 4 is 77.9 Å². The number of fused-ring (bicyclic) bond motifs is 15. The molecule has 6 nitrogen and oxygen atoms in total. The summed E-state index contributed by atoms with van der Waals surface area (Å²) in [5.74, 6) is 0. The fraction of sp³-hybridized carbons (Fsp3) is 0.321. The average Bonchev–Trinajstić information content (AvgIpc) is 4.16. The Bertz CT molecular complexity index is 3440. The van der Waals surface area contributed by atoms with Crippen molar-refractivity contribution in [3.8, 4) is 9.75 Å². The third-order valence-electron chi connectivity index (χ3n) is 16.7. The molecule has 8 heteroatoms. The highest BCUT2D eigenvalue weighted by molar-refractivity contribution is 7.23. The van der Waals surface area contributed by atoms with E-state index in [2.05, 4.69) is 12.2 Å². The molecule has 0 atom stereocenters. The van der Waals surface area contributed by atoms with Crippen molar-refractivity contribution in [1.82, 2.24) is 0 Å². The third-order valence-corrected chi connectivity index (χ3v) is 19.1. The maximum atomic E-state index is 14.2. The first-order valence-electron chi connectivity index (χ1n) is 23.5. The van der Waals surface area contributed by atoms with Crippen LogP contribution in [0.15, 0.2) is 113 Å². The molecular weight excluding hydrogens is 829 g/mol. The van der Waals surface area contributed by atoms with Crippen LogP contribution in [-0.2, 0) is 16.2 Å². The zero-order chi connectivity index (χ0) is 42.7. The minimum atomic E-state index is -0.354. The van der Waals surface area contributed by atoms with Crippen molar-refractivity contribution in [2.45, 2.75) is 113 Å². The molecule has 14 rings (SSSR count). The maximum absolute atomic E-state index is 14.2. The third kappa shape index (κ3) is 4.75. The Kier molecular flexibility index (Phi) is 7.77. The average molecular weight is 873 g/mol. The molecule has 8 aromatic rings. The topological polar surface area (TPSA) is 93.0 Å². The zero-order valence-corrected chi connectivity index (χ0v) is 37.2. The summed E-state index contributed by atoms with van der Waals surface area (Å²) in [7, 11) is 0. The van der Waals surface area contributed by atoms with Gasteiger partial charge in [0.2, 0.25) is 21.7 Å². The Morgan fingerprint density at radius 2 is 0.703 bits per heavy atom. The van der Waals surface area contributed by atoms with Crippen LogP contribution in [0.4, 0.5) is 0 Å². The highest BCUT2D eigenvalue weighted by atomic mass is 32.1. The van der Waals surface area contributed by atoms with Crippen LogP contribution in [0, 0.1) is 0 Å². The molecule has 0 aliphatic heterocycles. The molecule has 0 bridgehead atoms.